The van der Waals surface area contributed by atoms with Gasteiger partial charge in [0, 0.05) is 33.7 Å². The maximum Gasteiger partial charge on any atom is 0.134 e. The van der Waals surface area contributed by atoms with E-state index in [1.165, 1.54) is 18.9 Å². The van der Waals surface area contributed by atoms with E-state index < -0.39 is 0 Å². The van der Waals surface area contributed by atoms with Gasteiger partial charge in [-0.15, -0.1) is 11.3 Å². The van der Waals surface area contributed by atoms with Crippen LogP contribution >= 0.6 is 27.3 Å². The molecule has 2 aromatic rings. The molecular weight excluding hydrogens is 315 g/mol. The number of nitrogens with one attached hydrogen (secondary N) is 1. The van der Waals surface area contributed by atoms with Gasteiger partial charge in [-0.1, -0.05) is 15.9 Å². The van der Waals surface area contributed by atoms with Crippen LogP contribution in [-0.2, 0) is 6.54 Å². The third-order valence-electron chi connectivity index (χ3n) is 2.86. The highest BCUT2D eigenvalue weighted by Gasteiger charge is 2.20. The van der Waals surface area contributed by atoms with Crippen molar-refractivity contribution in [3.63, 3.8) is 0 Å². The zero-order chi connectivity index (χ0) is 12.5. The van der Waals surface area contributed by atoms with Gasteiger partial charge in [-0.3, -0.25) is 0 Å². The Kier molecular flexibility index (Phi) is 3.46. The quantitative estimate of drug-likeness (QED) is 0.919. The molecule has 0 bridgehead atoms. The molecule has 3 rings (SSSR count). The molecule has 1 aromatic carbocycles. The number of nitrogens with zero attached hydrogens (tertiary/aromatic N) is 1. The number of benzene rings is 1. The fourth-order valence-electron chi connectivity index (χ4n) is 1.71. The second kappa shape index (κ2) is 5.07. The van der Waals surface area contributed by atoms with Gasteiger partial charge in [0.05, 0.1) is 0 Å². The first-order valence-corrected chi connectivity index (χ1v) is 7.47. The first-order valence-electron chi connectivity index (χ1n) is 5.86. The number of halogens is 2. The summed E-state index contributed by atoms with van der Waals surface area (Å²) in [7, 11) is 0. The van der Waals surface area contributed by atoms with E-state index in [-0.39, 0.29) is 5.82 Å². The zero-order valence-corrected chi connectivity index (χ0v) is 12.0. The summed E-state index contributed by atoms with van der Waals surface area (Å²) in [5.41, 5.74) is 0.570. The van der Waals surface area contributed by atoms with Crippen LogP contribution in [0.25, 0.3) is 10.6 Å². The van der Waals surface area contributed by atoms with Gasteiger partial charge in [0.2, 0.25) is 0 Å². The summed E-state index contributed by atoms with van der Waals surface area (Å²) in [4.78, 5) is 5.45. The molecule has 5 heteroatoms. The van der Waals surface area contributed by atoms with Crippen molar-refractivity contribution in [3.8, 4) is 10.6 Å². The minimum absolute atomic E-state index is 0.236. The highest BCUT2D eigenvalue weighted by Crippen LogP contribution is 2.29. The van der Waals surface area contributed by atoms with Crippen LogP contribution in [-0.4, -0.2) is 11.0 Å². The Balaban J connectivity index is 1.78. The maximum absolute atomic E-state index is 13.8. The molecule has 1 N–H and O–H groups in total. The fourth-order valence-corrected chi connectivity index (χ4v) is 2.93. The molecule has 1 heterocycles. The van der Waals surface area contributed by atoms with Crippen molar-refractivity contribution in [1.29, 1.82) is 0 Å². The lowest BCUT2D eigenvalue weighted by atomic mass is 10.2. The third kappa shape index (κ3) is 2.79. The van der Waals surface area contributed by atoms with Crippen molar-refractivity contribution >= 4 is 27.3 Å². The van der Waals surface area contributed by atoms with Crippen LogP contribution in [0.2, 0.25) is 0 Å². The summed E-state index contributed by atoms with van der Waals surface area (Å²) in [6, 6.07) is 5.75. The van der Waals surface area contributed by atoms with Gasteiger partial charge in [-0.25, -0.2) is 9.37 Å². The minimum atomic E-state index is -0.236. The molecular formula is C13H12BrFN2S. The van der Waals surface area contributed by atoms with E-state index in [0.717, 1.165) is 20.9 Å². The highest BCUT2D eigenvalue weighted by atomic mass is 79.9. The number of aromatic nitrogens is 1. The summed E-state index contributed by atoms with van der Waals surface area (Å²) >= 11 is 4.80. The highest BCUT2D eigenvalue weighted by molar-refractivity contribution is 9.10. The van der Waals surface area contributed by atoms with E-state index in [1.807, 2.05) is 12.3 Å². The summed E-state index contributed by atoms with van der Waals surface area (Å²) in [5.74, 6) is -0.236. The molecule has 0 spiro atoms. The van der Waals surface area contributed by atoms with Gasteiger partial charge in [0.1, 0.15) is 10.8 Å². The molecule has 0 unspecified atom stereocenters. The average molecular weight is 327 g/mol. The molecule has 1 fully saturated rings. The minimum Gasteiger partial charge on any atom is -0.309 e. The van der Waals surface area contributed by atoms with Crippen LogP contribution in [0.1, 0.15) is 17.7 Å². The molecule has 1 saturated carbocycles. The Morgan fingerprint density at radius 2 is 2.28 bits per heavy atom. The second-order valence-electron chi connectivity index (χ2n) is 4.41. The van der Waals surface area contributed by atoms with Crippen LogP contribution in [0.15, 0.2) is 28.9 Å². The molecule has 0 atom stereocenters. The van der Waals surface area contributed by atoms with Crippen LogP contribution < -0.4 is 5.32 Å². The molecule has 0 saturated heterocycles. The van der Waals surface area contributed by atoms with Crippen molar-refractivity contribution in [2.24, 2.45) is 0 Å². The zero-order valence-electron chi connectivity index (χ0n) is 9.62. The SMILES string of the molecule is Fc1cc(Br)ccc1-c1ncc(CNC2CC2)s1. The predicted molar refractivity (Wildman–Crippen MR) is 75.1 cm³/mol. The van der Waals surface area contributed by atoms with Gasteiger partial charge in [0.15, 0.2) is 0 Å². The van der Waals surface area contributed by atoms with Gasteiger partial charge < -0.3 is 5.32 Å². The van der Waals surface area contributed by atoms with Gasteiger partial charge in [0.25, 0.3) is 0 Å². The van der Waals surface area contributed by atoms with E-state index >= 15 is 0 Å². The van der Waals surface area contributed by atoms with Crippen LogP contribution in [0.5, 0.6) is 0 Å². The largest absolute Gasteiger partial charge is 0.309 e. The normalized spacial score (nSPS) is 15.0. The summed E-state index contributed by atoms with van der Waals surface area (Å²) in [6.07, 6.45) is 4.37. The first-order chi connectivity index (χ1) is 8.72. The lowest BCUT2D eigenvalue weighted by Crippen LogP contribution is -2.14. The number of hydrogen-bond donors (Lipinski definition) is 1. The molecule has 1 aliphatic rings. The van der Waals surface area contributed by atoms with Gasteiger partial charge in [-0.2, -0.15) is 0 Å². The number of thiazole rings is 1. The summed E-state index contributed by atoms with van der Waals surface area (Å²) in [5, 5.41) is 4.17. The molecule has 0 aliphatic heterocycles. The topological polar surface area (TPSA) is 24.9 Å². The van der Waals surface area contributed by atoms with E-state index in [1.54, 1.807) is 17.4 Å². The molecule has 1 aliphatic carbocycles. The average Bonchev–Trinajstić information content (AvgIpc) is 3.05. The summed E-state index contributed by atoms with van der Waals surface area (Å²) in [6.45, 7) is 0.834. The molecule has 1 aromatic heterocycles. The lowest BCUT2D eigenvalue weighted by molar-refractivity contribution is 0.630. The second-order valence-corrected chi connectivity index (χ2v) is 6.44. The Bertz CT molecular complexity index is 566. The molecule has 2 nitrogen and oxygen atoms in total. The molecule has 94 valence electrons. The van der Waals surface area contributed by atoms with Crippen LogP contribution in [0.3, 0.4) is 0 Å². The molecule has 18 heavy (non-hydrogen) atoms. The van der Waals surface area contributed by atoms with Crippen LogP contribution in [0.4, 0.5) is 4.39 Å². The van der Waals surface area contributed by atoms with E-state index in [9.17, 15) is 4.39 Å². The van der Waals surface area contributed by atoms with E-state index in [2.05, 4.69) is 26.2 Å². The Morgan fingerprint density at radius 1 is 1.44 bits per heavy atom. The standard InChI is InChI=1S/C13H12BrFN2S/c14-8-1-4-11(12(15)5-8)13-17-7-10(18-13)6-16-9-2-3-9/h1,4-5,7,9,16H,2-3,6H2. The predicted octanol–water partition coefficient (Wildman–Crippen LogP) is 3.96. The maximum atomic E-state index is 13.8. The van der Waals surface area contributed by atoms with Gasteiger partial charge in [-0.05, 0) is 31.0 Å². The van der Waals surface area contributed by atoms with E-state index in [0.29, 0.717) is 11.6 Å². The van der Waals surface area contributed by atoms with Crippen molar-refractivity contribution < 1.29 is 4.39 Å². The smallest absolute Gasteiger partial charge is 0.134 e. The number of rotatable bonds is 4. The van der Waals surface area contributed by atoms with Crippen molar-refractivity contribution in [1.82, 2.24) is 10.3 Å². The fraction of sp³-hybridized carbons (Fsp3) is 0.308. The van der Waals surface area contributed by atoms with Crippen LogP contribution in [0, 0.1) is 5.82 Å². The first kappa shape index (κ1) is 12.3. The summed E-state index contributed by atoms with van der Waals surface area (Å²) < 4.78 is 14.5. The number of hydrogen-bond acceptors (Lipinski definition) is 3. The monoisotopic (exact) mass is 326 g/mol. The third-order valence-corrected chi connectivity index (χ3v) is 4.38. The Hall–Kier alpha value is -0.780. The van der Waals surface area contributed by atoms with Crippen molar-refractivity contribution in [3.05, 3.63) is 39.6 Å². The van der Waals surface area contributed by atoms with Gasteiger partial charge >= 0.3 is 0 Å². The molecule has 0 amide bonds. The van der Waals surface area contributed by atoms with E-state index in [4.69, 9.17) is 0 Å². The lowest BCUT2D eigenvalue weighted by Gasteiger charge is -1.99. The molecule has 0 radical (unpaired) electrons. The Labute approximate surface area is 117 Å². The van der Waals surface area contributed by atoms with Crippen molar-refractivity contribution in [2.45, 2.75) is 25.4 Å². The Morgan fingerprint density at radius 3 is 3.00 bits per heavy atom. The van der Waals surface area contributed by atoms with Crippen molar-refractivity contribution in [2.75, 3.05) is 0 Å².